The van der Waals surface area contributed by atoms with Gasteiger partial charge in [0.25, 0.3) is 10.0 Å². The minimum absolute atomic E-state index is 0.140. The number of aryl methyl sites for hydroxylation is 1. The summed E-state index contributed by atoms with van der Waals surface area (Å²) in [5.74, 6) is 1.34. The first-order chi connectivity index (χ1) is 14.4. The number of hydrogen-bond acceptors (Lipinski definition) is 4. The summed E-state index contributed by atoms with van der Waals surface area (Å²) < 4.78 is 33.6. The normalized spacial score (nSPS) is 22.7. The Bertz CT molecular complexity index is 1020. The van der Waals surface area contributed by atoms with E-state index in [0.29, 0.717) is 23.3 Å². The van der Waals surface area contributed by atoms with E-state index in [2.05, 4.69) is 5.32 Å². The molecule has 0 radical (unpaired) electrons. The number of hydrogen-bond donors (Lipinski definition) is 1. The number of fused-ring (bicyclic) bond motifs is 2. The van der Waals surface area contributed by atoms with Crippen LogP contribution in [0.3, 0.4) is 0 Å². The van der Waals surface area contributed by atoms with Crippen LogP contribution in [0.2, 0.25) is 0 Å². The molecule has 7 heteroatoms. The number of carbonyl (C=O) groups is 1. The Morgan fingerprint density at radius 2 is 1.90 bits per heavy atom. The zero-order valence-corrected chi connectivity index (χ0v) is 18.2. The molecule has 0 aliphatic heterocycles. The molecular weight excluding hydrogens is 400 g/mol. The van der Waals surface area contributed by atoms with Crippen molar-refractivity contribution < 1.29 is 17.9 Å². The summed E-state index contributed by atoms with van der Waals surface area (Å²) in [5.41, 5.74) is 1.25. The Morgan fingerprint density at radius 1 is 1.13 bits per heavy atom. The van der Waals surface area contributed by atoms with E-state index in [1.54, 1.807) is 42.5 Å². The zero-order valence-electron chi connectivity index (χ0n) is 17.4. The Labute approximate surface area is 178 Å². The number of amides is 1. The standard InChI is InChI=1S/C23H28N2O4S/c1-16-8-11-22(29-2)21(12-16)25(30(27,28)19-6-4-3-5-7-19)15-23(26)24-20-14-17-9-10-18(20)13-17/h3-8,11-12,17-18,20H,9-10,13-15H2,1-2H3,(H,24,26)/t17-,18-,20+/m0/s1. The lowest BCUT2D eigenvalue weighted by Crippen LogP contribution is -2.46. The molecule has 3 atom stereocenters. The third-order valence-corrected chi connectivity index (χ3v) is 8.08. The van der Waals surface area contributed by atoms with Crippen LogP contribution in [0.5, 0.6) is 5.75 Å². The fourth-order valence-corrected chi connectivity index (χ4v) is 6.26. The highest BCUT2D eigenvalue weighted by Crippen LogP contribution is 2.44. The van der Waals surface area contributed by atoms with Gasteiger partial charge in [0.1, 0.15) is 12.3 Å². The molecule has 0 heterocycles. The molecule has 2 fully saturated rings. The molecular formula is C23H28N2O4S. The molecule has 2 aromatic carbocycles. The second-order valence-corrected chi connectivity index (χ2v) is 10.2. The third kappa shape index (κ3) is 4.03. The van der Waals surface area contributed by atoms with E-state index >= 15 is 0 Å². The van der Waals surface area contributed by atoms with Gasteiger partial charge in [0.2, 0.25) is 5.91 Å². The van der Waals surface area contributed by atoms with Crippen LogP contribution < -0.4 is 14.4 Å². The van der Waals surface area contributed by atoms with E-state index in [4.69, 9.17) is 4.74 Å². The summed E-state index contributed by atoms with van der Waals surface area (Å²) >= 11 is 0. The van der Waals surface area contributed by atoms with Gasteiger partial charge in [-0.25, -0.2) is 8.42 Å². The van der Waals surface area contributed by atoms with E-state index < -0.39 is 10.0 Å². The SMILES string of the molecule is COc1ccc(C)cc1N(CC(=O)N[C@@H]1C[C@H]2CC[C@H]1C2)S(=O)(=O)c1ccccc1. The summed E-state index contributed by atoms with van der Waals surface area (Å²) in [5, 5.41) is 3.10. The van der Waals surface area contributed by atoms with Crippen molar-refractivity contribution in [1.82, 2.24) is 5.32 Å². The van der Waals surface area contributed by atoms with Gasteiger partial charge in [-0.05, 0) is 67.9 Å². The number of anilines is 1. The molecule has 6 nitrogen and oxygen atoms in total. The second-order valence-electron chi connectivity index (χ2n) is 8.35. The summed E-state index contributed by atoms with van der Waals surface area (Å²) in [6.45, 7) is 1.59. The van der Waals surface area contributed by atoms with Crippen molar-refractivity contribution in [2.45, 2.75) is 43.5 Å². The molecule has 1 amide bonds. The molecule has 2 aromatic rings. The van der Waals surface area contributed by atoms with Crippen molar-refractivity contribution in [1.29, 1.82) is 0 Å². The number of carbonyl (C=O) groups excluding carboxylic acids is 1. The van der Waals surface area contributed by atoms with Crippen LogP contribution in [0.4, 0.5) is 5.69 Å². The molecule has 30 heavy (non-hydrogen) atoms. The smallest absolute Gasteiger partial charge is 0.264 e. The summed E-state index contributed by atoms with van der Waals surface area (Å²) in [6.07, 6.45) is 4.55. The third-order valence-electron chi connectivity index (χ3n) is 6.31. The molecule has 160 valence electrons. The first kappa shape index (κ1) is 20.7. The largest absolute Gasteiger partial charge is 0.495 e. The molecule has 0 unspecified atom stereocenters. The van der Waals surface area contributed by atoms with Crippen LogP contribution in [0.25, 0.3) is 0 Å². The summed E-state index contributed by atoms with van der Waals surface area (Å²) in [6, 6.07) is 13.7. The molecule has 2 aliphatic rings. The van der Waals surface area contributed by atoms with Gasteiger partial charge >= 0.3 is 0 Å². The lowest BCUT2D eigenvalue weighted by Gasteiger charge is -2.28. The van der Waals surface area contributed by atoms with Crippen LogP contribution >= 0.6 is 0 Å². The number of benzene rings is 2. The molecule has 2 bridgehead atoms. The van der Waals surface area contributed by atoms with Crippen LogP contribution in [-0.2, 0) is 14.8 Å². The van der Waals surface area contributed by atoms with Gasteiger partial charge in [-0.2, -0.15) is 0 Å². The molecule has 0 saturated heterocycles. The lowest BCUT2D eigenvalue weighted by atomic mass is 9.95. The number of ether oxygens (including phenoxy) is 1. The highest BCUT2D eigenvalue weighted by molar-refractivity contribution is 7.92. The number of nitrogens with zero attached hydrogens (tertiary/aromatic N) is 1. The highest BCUT2D eigenvalue weighted by Gasteiger charge is 2.40. The van der Waals surface area contributed by atoms with E-state index in [1.165, 1.54) is 20.0 Å². The van der Waals surface area contributed by atoms with Gasteiger partial charge in [0.05, 0.1) is 17.7 Å². The number of rotatable bonds is 7. The fourth-order valence-electron chi connectivity index (χ4n) is 4.82. The maximum Gasteiger partial charge on any atom is 0.264 e. The van der Waals surface area contributed by atoms with Gasteiger partial charge in [-0.1, -0.05) is 30.7 Å². The van der Waals surface area contributed by atoms with Crippen molar-refractivity contribution in [3.05, 3.63) is 54.1 Å². The minimum atomic E-state index is -3.95. The number of nitrogens with one attached hydrogen (secondary N) is 1. The van der Waals surface area contributed by atoms with Gasteiger partial charge in [0, 0.05) is 6.04 Å². The lowest BCUT2D eigenvalue weighted by molar-refractivity contribution is -0.120. The maximum absolute atomic E-state index is 13.5. The Morgan fingerprint density at radius 3 is 2.53 bits per heavy atom. The molecule has 4 rings (SSSR count). The topological polar surface area (TPSA) is 75.7 Å². The van der Waals surface area contributed by atoms with Crippen LogP contribution in [0.15, 0.2) is 53.4 Å². The molecule has 0 aromatic heterocycles. The molecule has 2 aliphatic carbocycles. The Kier molecular flexibility index (Phi) is 5.73. The highest BCUT2D eigenvalue weighted by atomic mass is 32.2. The van der Waals surface area contributed by atoms with Gasteiger partial charge in [-0.3, -0.25) is 9.10 Å². The van der Waals surface area contributed by atoms with Gasteiger partial charge in [-0.15, -0.1) is 0 Å². The summed E-state index contributed by atoms with van der Waals surface area (Å²) in [4.78, 5) is 13.1. The molecule has 1 N–H and O–H groups in total. The van der Waals surface area contributed by atoms with Crippen molar-refractivity contribution in [3.63, 3.8) is 0 Å². The second kappa shape index (κ2) is 8.30. The average Bonchev–Trinajstić information content (AvgIpc) is 3.36. The predicted molar refractivity (Wildman–Crippen MR) is 116 cm³/mol. The Hall–Kier alpha value is -2.54. The monoisotopic (exact) mass is 428 g/mol. The first-order valence-corrected chi connectivity index (χ1v) is 11.8. The number of methoxy groups -OCH3 is 1. The van der Waals surface area contributed by atoms with Crippen LogP contribution in [-0.4, -0.2) is 34.0 Å². The minimum Gasteiger partial charge on any atom is -0.495 e. The summed E-state index contributed by atoms with van der Waals surface area (Å²) in [7, 11) is -2.45. The van der Waals surface area contributed by atoms with E-state index in [-0.39, 0.29) is 23.4 Å². The average molecular weight is 429 g/mol. The van der Waals surface area contributed by atoms with Crippen molar-refractivity contribution in [2.24, 2.45) is 11.8 Å². The van der Waals surface area contributed by atoms with Gasteiger partial charge in [0.15, 0.2) is 0 Å². The zero-order chi connectivity index (χ0) is 21.3. The predicted octanol–water partition coefficient (Wildman–Crippen LogP) is 3.50. The fraction of sp³-hybridized carbons (Fsp3) is 0.435. The van der Waals surface area contributed by atoms with Gasteiger partial charge < -0.3 is 10.1 Å². The van der Waals surface area contributed by atoms with E-state index in [1.807, 2.05) is 13.0 Å². The van der Waals surface area contributed by atoms with Crippen molar-refractivity contribution >= 4 is 21.6 Å². The first-order valence-electron chi connectivity index (χ1n) is 10.4. The quantitative estimate of drug-likeness (QED) is 0.732. The van der Waals surface area contributed by atoms with E-state index in [0.717, 1.165) is 22.7 Å². The van der Waals surface area contributed by atoms with Crippen molar-refractivity contribution in [3.8, 4) is 5.75 Å². The van der Waals surface area contributed by atoms with E-state index in [9.17, 15) is 13.2 Å². The molecule has 2 saturated carbocycles. The Balaban J connectivity index is 1.65. The number of sulfonamides is 1. The molecule has 0 spiro atoms. The van der Waals surface area contributed by atoms with Crippen LogP contribution in [0, 0.1) is 18.8 Å². The maximum atomic E-state index is 13.5. The van der Waals surface area contributed by atoms with Crippen molar-refractivity contribution in [2.75, 3.05) is 18.0 Å². The van der Waals surface area contributed by atoms with Crippen LogP contribution in [0.1, 0.15) is 31.2 Å².